The molecule has 2 N–H and O–H groups in total. The number of aliphatic hydroxyl groups excluding tert-OH is 1. The van der Waals surface area contributed by atoms with Gasteiger partial charge in [-0.1, -0.05) is 24.3 Å². The van der Waals surface area contributed by atoms with Crippen molar-refractivity contribution in [2.75, 3.05) is 6.61 Å². The van der Waals surface area contributed by atoms with Crippen molar-refractivity contribution in [2.45, 2.75) is 6.42 Å². The molecule has 2 aromatic rings. The third-order valence-electron chi connectivity index (χ3n) is 2.63. The first-order valence-corrected chi connectivity index (χ1v) is 5.81. The first kappa shape index (κ1) is 12.3. The second kappa shape index (κ2) is 5.98. The van der Waals surface area contributed by atoms with Crippen molar-refractivity contribution in [1.29, 1.82) is 0 Å². The first-order valence-electron chi connectivity index (χ1n) is 5.81. The van der Waals surface area contributed by atoms with E-state index in [1.54, 1.807) is 24.4 Å². The Morgan fingerprint density at radius 3 is 2.39 bits per heavy atom. The minimum Gasteiger partial charge on any atom is -0.507 e. The van der Waals surface area contributed by atoms with Gasteiger partial charge in [0.15, 0.2) is 0 Å². The van der Waals surface area contributed by atoms with Crippen LogP contribution in [0.2, 0.25) is 0 Å². The van der Waals surface area contributed by atoms with Crippen molar-refractivity contribution < 1.29 is 10.2 Å². The molecule has 0 aliphatic rings. The van der Waals surface area contributed by atoms with Gasteiger partial charge in [0.2, 0.25) is 0 Å². The van der Waals surface area contributed by atoms with Crippen LogP contribution in [0.25, 0.3) is 0 Å². The highest BCUT2D eigenvalue weighted by molar-refractivity contribution is 5.85. The normalized spacial score (nSPS) is 10.9. The Balaban J connectivity index is 2.12. The van der Waals surface area contributed by atoms with Gasteiger partial charge >= 0.3 is 0 Å². The topological polar surface area (TPSA) is 52.8 Å². The molecule has 3 nitrogen and oxygen atoms in total. The van der Waals surface area contributed by atoms with Crippen LogP contribution in [0.1, 0.15) is 11.1 Å². The number of aromatic hydroxyl groups is 1. The summed E-state index contributed by atoms with van der Waals surface area (Å²) >= 11 is 0. The number of benzene rings is 2. The number of phenolic OH excluding ortho intramolecular Hbond substituents is 1. The largest absolute Gasteiger partial charge is 0.507 e. The van der Waals surface area contributed by atoms with Crippen molar-refractivity contribution in [3.63, 3.8) is 0 Å². The van der Waals surface area contributed by atoms with E-state index in [1.807, 2.05) is 30.3 Å². The number of hydrogen-bond donors (Lipinski definition) is 2. The molecule has 0 fully saturated rings. The van der Waals surface area contributed by atoms with Crippen LogP contribution in [0.5, 0.6) is 5.75 Å². The van der Waals surface area contributed by atoms with Gasteiger partial charge in [0.25, 0.3) is 0 Å². The molecule has 0 aliphatic carbocycles. The number of para-hydroxylation sites is 1. The van der Waals surface area contributed by atoms with Gasteiger partial charge in [0, 0.05) is 18.4 Å². The predicted molar refractivity (Wildman–Crippen MR) is 72.6 cm³/mol. The Kier molecular flexibility index (Phi) is 4.10. The molecule has 0 unspecified atom stereocenters. The fourth-order valence-corrected chi connectivity index (χ4v) is 1.62. The van der Waals surface area contributed by atoms with E-state index < -0.39 is 0 Å². The summed E-state index contributed by atoms with van der Waals surface area (Å²) in [6, 6.07) is 14.7. The smallest absolute Gasteiger partial charge is 0.124 e. The summed E-state index contributed by atoms with van der Waals surface area (Å²) in [6.45, 7) is 0.153. The van der Waals surface area contributed by atoms with Crippen LogP contribution in [0.15, 0.2) is 53.5 Å². The zero-order valence-corrected chi connectivity index (χ0v) is 9.95. The van der Waals surface area contributed by atoms with Crippen molar-refractivity contribution in [3.05, 3.63) is 59.7 Å². The maximum Gasteiger partial charge on any atom is 0.124 e. The van der Waals surface area contributed by atoms with Gasteiger partial charge in [-0.25, -0.2) is 0 Å². The third kappa shape index (κ3) is 3.18. The molecular formula is C15H15NO2. The van der Waals surface area contributed by atoms with Gasteiger partial charge < -0.3 is 10.2 Å². The molecule has 92 valence electrons. The van der Waals surface area contributed by atoms with E-state index in [-0.39, 0.29) is 12.4 Å². The zero-order chi connectivity index (χ0) is 12.8. The minimum absolute atomic E-state index is 0.153. The van der Waals surface area contributed by atoms with E-state index in [9.17, 15) is 5.11 Å². The number of aliphatic hydroxyl groups is 1. The monoisotopic (exact) mass is 241 g/mol. The van der Waals surface area contributed by atoms with E-state index in [2.05, 4.69) is 4.99 Å². The van der Waals surface area contributed by atoms with Crippen molar-refractivity contribution in [2.24, 2.45) is 4.99 Å². The van der Waals surface area contributed by atoms with Crippen LogP contribution in [0.3, 0.4) is 0 Å². The third-order valence-corrected chi connectivity index (χ3v) is 2.63. The van der Waals surface area contributed by atoms with E-state index in [0.29, 0.717) is 12.0 Å². The van der Waals surface area contributed by atoms with Crippen LogP contribution < -0.4 is 0 Å². The van der Waals surface area contributed by atoms with Gasteiger partial charge in [0.05, 0.1) is 5.69 Å². The first-order chi connectivity index (χ1) is 8.79. The summed E-state index contributed by atoms with van der Waals surface area (Å²) in [4.78, 5) is 4.29. The van der Waals surface area contributed by atoms with Gasteiger partial charge in [-0.15, -0.1) is 0 Å². The molecule has 0 saturated carbocycles. The molecule has 3 heteroatoms. The van der Waals surface area contributed by atoms with Crippen molar-refractivity contribution in [3.8, 4) is 5.75 Å². The summed E-state index contributed by atoms with van der Waals surface area (Å²) in [7, 11) is 0. The lowest BCUT2D eigenvalue weighted by atomic mass is 10.1. The van der Waals surface area contributed by atoms with Gasteiger partial charge in [-0.2, -0.15) is 0 Å². The fraction of sp³-hybridized carbons (Fsp3) is 0.133. The van der Waals surface area contributed by atoms with Crippen molar-refractivity contribution in [1.82, 2.24) is 0 Å². The molecule has 0 spiro atoms. The SMILES string of the molecule is OCCc1ccc(N=Cc2ccccc2O)cc1. The zero-order valence-electron chi connectivity index (χ0n) is 9.95. The molecule has 0 aliphatic heterocycles. The quantitative estimate of drug-likeness (QED) is 0.808. The van der Waals surface area contributed by atoms with Gasteiger partial charge in [-0.05, 0) is 36.2 Å². The molecule has 2 rings (SSSR count). The van der Waals surface area contributed by atoms with E-state index in [4.69, 9.17) is 5.11 Å². The Bertz CT molecular complexity index is 532. The summed E-state index contributed by atoms with van der Waals surface area (Å²) < 4.78 is 0. The number of phenols is 1. The summed E-state index contributed by atoms with van der Waals surface area (Å²) in [5, 5.41) is 18.4. The van der Waals surface area contributed by atoms with Gasteiger partial charge in [-0.3, -0.25) is 4.99 Å². The molecule has 0 atom stereocenters. The maximum absolute atomic E-state index is 9.58. The molecule has 0 radical (unpaired) electrons. The molecule has 0 aromatic heterocycles. The number of rotatable bonds is 4. The van der Waals surface area contributed by atoms with Crippen LogP contribution >= 0.6 is 0 Å². The molecule has 0 amide bonds. The molecule has 0 saturated heterocycles. The van der Waals surface area contributed by atoms with Crippen LogP contribution in [-0.4, -0.2) is 23.0 Å². The minimum atomic E-state index is 0.153. The Hall–Kier alpha value is -2.13. The number of aliphatic imine (C=N–C) groups is 1. The van der Waals surface area contributed by atoms with E-state index in [1.165, 1.54) is 0 Å². The second-order valence-electron chi connectivity index (χ2n) is 3.96. The number of nitrogens with zero attached hydrogens (tertiary/aromatic N) is 1. The second-order valence-corrected chi connectivity index (χ2v) is 3.96. The Morgan fingerprint density at radius 1 is 1.00 bits per heavy atom. The average Bonchev–Trinajstić information content (AvgIpc) is 2.40. The molecule has 18 heavy (non-hydrogen) atoms. The highest BCUT2D eigenvalue weighted by Crippen LogP contribution is 2.16. The Labute approximate surface area is 106 Å². The highest BCUT2D eigenvalue weighted by atomic mass is 16.3. The summed E-state index contributed by atoms with van der Waals surface area (Å²) in [5.74, 6) is 0.221. The van der Waals surface area contributed by atoms with Crippen LogP contribution in [0, 0.1) is 0 Å². The predicted octanol–water partition coefficient (Wildman–Crippen LogP) is 2.68. The van der Waals surface area contributed by atoms with E-state index in [0.717, 1.165) is 11.3 Å². The van der Waals surface area contributed by atoms with Crippen LogP contribution in [0.4, 0.5) is 5.69 Å². The molecule has 0 heterocycles. The lowest BCUT2D eigenvalue weighted by Crippen LogP contribution is -1.88. The van der Waals surface area contributed by atoms with E-state index >= 15 is 0 Å². The lowest BCUT2D eigenvalue weighted by Gasteiger charge is -1.99. The maximum atomic E-state index is 9.58. The molecule has 2 aromatic carbocycles. The number of hydrogen-bond acceptors (Lipinski definition) is 3. The highest BCUT2D eigenvalue weighted by Gasteiger charge is 1.96. The fourth-order valence-electron chi connectivity index (χ4n) is 1.62. The standard InChI is InChI=1S/C15H15NO2/c17-10-9-12-5-7-14(8-6-12)16-11-13-3-1-2-4-15(13)18/h1-8,11,17-18H,9-10H2. The summed E-state index contributed by atoms with van der Waals surface area (Å²) in [5.41, 5.74) is 2.59. The van der Waals surface area contributed by atoms with Crippen molar-refractivity contribution >= 4 is 11.9 Å². The van der Waals surface area contributed by atoms with Gasteiger partial charge in [0.1, 0.15) is 5.75 Å². The Morgan fingerprint density at radius 2 is 1.72 bits per heavy atom. The van der Waals surface area contributed by atoms with Crippen LogP contribution in [-0.2, 0) is 6.42 Å². The molecule has 0 bridgehead atoms. The lowest BCUT2D eigenvalue weighted by molar-refractivity contribution is 0.299. The summed E-state index contributed by atoms with van der Waals surface area (Å²) in [6.07, 6.45) is 2.29. The average molecular weight is 241 g/mol. The molecular weight excluding hydrogens is 226 g/mol.